The van der Waals surface area contributed by atoms with Gasteiger partial charge in [0.2, 0.25) is 0 Å². The fourth-order valence-electron chi connectivity index (χ4n) is 13.2. The number of rotatable bonds is 5. The van der Waals surface area contributed by atoms with Gasteiger partial charge in [-0.05, 0) is 142 Å². The fraction of sp³-hybridized carbons (Fsp3) is 0.217. The number of anilines is 9. The van der Waals surface area contributed by atoms with E-state index in [-0.39, 0.29) is 23.0 Å². The first-order valence-electron chi connectivity index (χ1n) is 27.2. The van der Waals surface area contributed by atoms with Crippen LogP contribution in [0.5, 0.6) is 0 Å². The van der Waals surface area contributed by atoms with Crippen LogP contribution in [0.1, 0.15) is 79.0 Å². The summed E-state index contributed by atoms with van der Waals surface area (Å²) in [6.07, 6.45) is 0. The van der Waals surface area contributed by atoms with Crippen LogP contribution in [0.25, 0.3) is 11.1 Å². The zero-order valence-corrected chi connectivity index (χ0v) is 47.9. The molecule has 9 aromatic rings. The lowest BCUT2D eigenvalue weighted by Crippen LogP contribution is -2.77. The molecule has 4 aliphatic rings. The molecule has 9 aromatic carbocycles. The van der Waals surface area contributed by atoms with Crippen molar-refractivity contribution in [2.24, 2.45) is 0 Å². The largest absolute Gasteiger partial charge is 0.312 e. The Morgan fingerprint density at radius 1 is 0.400 bits per heavy atom. The number of para-hydroxylation sites is 2. The van der Waals surface area contributed by atoms with Gasteiger partial charge >= 0.3 is 0 Å². The highest BCUT2D eigenvalue weighted by Crippen LogP contribution is 2.50. The molecule has 0 bridgehead atoms. The number of hydrogen-bond acceptors (Lipinski definition) is 3. The quantitative estimate of drug-likeness (QED) is 0.159. The Kier molecular flexibility index (Phi) is 10.4. The van der Waals surface area contributed by atoms with Crippen molar-refractivity contribution in [2.45, 2.75) is 98.2 Å². The van der Waals surface area contributed by atoms with Crippen molar-refractivity contribution in [3.05, 3.63) is 211 Å². The SMILES string of the molecule is CC(C)(C)c1ccc(N(c2ccc(C(C)(C)C)cc2)c2cc3c4c(c2)N2c5ccccc5[Si]5(c6ccccc6-c6ccccc65)c5cccc(c52)B4c2ccc([Si](C)(C)C)cc2N3c2ccc(C(C)(C)C)cc2)cc1. The van der Waals surface area contributed by atoms with Gasteiger partial charge in [-0.3, -0.25) is 0 Å². The van der Waals surface area contributed by atoms with E-state index in [2.05, 4.69) is 291 Å². The van der Waals surface area contributed by atoms with Crippen LogP contribution >= 0.6 is 0 Å². The molecule has 370 valence electrons. The molecule has 0 aromatic heterocycles. The highest BCUT2D eigenvalue weighted by Gasteiger charge is 2.57. The van der Waals surface area contributed by atoms with Crippen molar-refractivity contribution in [1.82, 2.24) is 0 Å². The summed E-state index contributed by atoms with van der Waals surface area (Å²) in [5, 5.41) is 7.36. The van der Waals surface area contributed by atoms with E-state index in [0.717, 1.165) is 17.1 Å². The second-order valence-electron chi connectivity index (χ2n) is 25.9. The lowest BCUT2D eigenvalue weighted by Gasteiger charge is -2.50. The highest BCUT2D eigenvalue weighted by molar-refractivity contribution is 7.24. The molecule has 0 radical (unpaired) electrons. The monoisotopic (exact) mass is 1010 g/mol. The summed E-state index contributed by atoms with van der Waals surface area (Å²) in [5.74, 6) is 0. The zero-order valence-electron chi connectivity index (χ0n) is 45.9. The summed E-state index contributed by atoms with van der Waals surface area (Å²) in [6.45, 7) is 28.2. The molecular formula is C69H68BN3Si2. The van der Waals surface area contributed by atoms with Crippen LogP contribution in [0.2, 0.25) is 19.6 Å². The third-order valence-corrected chi connectivity index (χ3v) is 24.1. The molecule has 75 heavy (non-hydrogen) atoms. The van der Waals surface area contributed by atoms with Gasteiger partial charge < -0.3 is 14.7 Å². The van der Waals surface area contributed by atoms with Crippen LogP contribution in [0, 0.1) is 0 Å². The average Bonchev–Trinajstić information content (AvgIpc) is 3.78. The molecule has 1 spiro atoms. The second kappa shape index (κ2) is 16.4. The van der Waals surface area contributed by atoms with Gasteiger partial charge in [0.15, 0.2) is 8.07 Å². The van der Waals surface area contributed by atoms with E-state index in [1.807, 2.05) is 0 Å². The summed E-state index contributed by atoms with van der Waals surface area (Å²) in [6, 6.07) is 76.5. The number of nitrogens with zero attached hydrogens (tertiary/aromatic N) is 3. The van der Waals surface area contributed by atoms with Crippen LogP contribution in [0.4, 0.5) is 51.2 Å². The van der Waals surface area contributed by atoms with Gasteiger partial charge in [0.05, 0.1) is 13.8 Å². The predicted octanol–water partition coefficient (Wildman–Crippen LogP) is 13.3. The van der Waals surface area contributed by atoms with Crippen molar-refractivity contribution >= 4 is 116 Å². The molecule has 0 aliphatic carbocycles. The van der Waals surface area contributed by atoms with Gasteiger partial charge in [0.1, 0.15) is 0 Å². The molecule has 4 heterocycles. The summed E-state index contributed by atoms with van der Waals surface area (Å²) in [5.41, 5.74) is 21.8. The molecule has 0 N–H and O–H groups in total. The number of benzene rings is 9. The molecule has 0 unspecified atom stereocenters. The Hall–Kier alpha value is -7.12. The lowest BCUT2D eigenvalue weighted by atomic mass is 9.33. The fourth-order valence-corrected chi connectivity index (χ4v) is 19.9. The third kappa shape index (κ3) is 7.12. The molecule has 3 nitrogen and oxygen atoms in total. The van der Waals surface area contributed by atoms with E-state index in [1.54, 1.807) is 0 Å². The summed E-state index contributed by atoms with van der Waals surface area (Å²) < 4.78 is 0. The number of hydrogen-bond donors (Lipinski definition) is 0. The molecule has 13 rings (SSSR count). The second-order valence-corrected chi connectivity index (χ2v) is 34.6. The number of fused-ring (bicyclic) bond motifs is 13. The van der Waals surface area contributed by atoms with Crippen molar-refractivity contribution in [3.63, 3.8) is 0 Å². The Balaban J connectivity index is 1.17. The summed E-state index contributed by atoms with van der Waals surface area (Å²) in [4.78, 5) is 7.88. The van der Waals surface area contributed by atoms with E-state index in [0.29, 0.717) is 0 Å². The molecular weight excluding hydrogens is 938 g/mol. The van der Waals surface area contributed by atoms with Gasteiger partial charge in [0, 0.05) is 45.5 Å². The maximum Gasteiger partial charge on any atom is 0.252 e. The van der Waals surface area contributed by atoms with Gasteiger partial charge in [-0.1, -0.05) is 221 Å². The molecule has 0 atom stereocenters. The first-order valence-corrected chi connectivity index (χ1v) is 32.7. The van der Waals surface area contributed by atoms with Gasteiger partial charge in [-0.15, -0.1) is 0 Å². The van der Waals surface area contributed by atoms with Crippen LogP contribution in [-0.2, 0) is 16.2 Å². The Morgan fingerprint density at radius 2 is 0.880 bits per heavy atom. The van der Waals surface area contributed by atoms with Crippen molar-refractivity contribution < 1.29 is 0 Å². The maximum absolute atomic E-state index is 2.87. The molecule has 6 heteroatoms. The van der Waals surface area contributed by atoms with Crippen LogP contribution in [0.15, 0.2) is 194 Å². The molecule has 0 amide bonds. The van der Waals surface area contributed by atoms with E-state index in [4.69, 9.17) is 0 Å². The van der Waals surface area contributed by atoms with E-state index >= 15 is 0 Å². The highest BCUT2D eigenvalue weighted by atomic mass is 28.3. The van der Waals surface area contributed by atoms with E-state index < -0.39 is 16.1 Å². The summed E-state index contributed by atoms with van der Waals surface area (Å²) >= 11 is 0. The van der Waals surface area contributed by atoms with Gasteiger partial charge in [-0.25, -0.2) is 0 Å². The lowest BCUT2D eigenvalue weighted by molar-refractivity contribution is 0.590. The van der Waals surface area contributed by atoms with Crippen molar-refractivity contribution in [3.8, 4) is 11.1 Å². The van der Waals surface area contributed by atoms with Gasteiger partial charge in [0.25, 0.3) is 6.71 Å². The first kappa shape index (κ1) is 47.6. The minimum absolute atomic E-state index is 0.0141. The Bertz CT molecular complexity index is 3670. The molecule has 0 fully saturated rings. The van der Waals surface area contributed by atoms with Crippen LogP contribution in [-0.4, -0.2) is 22.9 Å². The van der Waals surface area contributed by atoms with Crippen LogP contribution < -0.4 is 57.0 Å². The minimum atomic E-state index is -2.87. The maximum atomic E-state index is 2.71. The smallest absolute Gasteiger partial charge is 0.252 e. The molecule has 0 saturated carbocycles. The molecule has 4 aliphatic heterocycles. The zero-order chi connectivity index (χ0) is 52.1. The standard InChI is InChI=1S/C69H68BN3Si2/c1-67(2,3)45-28-34-48(35-29-45)71(49-36-30-46(31-37-49)68(4,5)6)51-42-59-65-60(43-51)73-57-23-15-18-26-63(57)75(61-24-16-13-20-53(61)54-21-14-17-25-62(54)75)64-27-19-22-56(66(64)73)70(65)55-41-40-52(74(10,11)12)44-58(55)72(59)50-38-32-47(33-39-50)69(7,8)9/h13-44H,1-12H3. The Labute approximate surface area is 448 Å². The average molecular weight is 1010 g/mol. The van der Waals surface area contributed by atoms with E-state index in [1.165, 1.54) is 104 Å². The molecule has 0 saturated heterocycles. The van der Waals surface area contributed by atoms with Gasteiger partial charge in [-0.2, -0.15) is 0 Å². The van der Waals surface area contributed by atoms with Crippen molar-refractivity contribution in [2.75, 3.05) is 14.7 Å². The van der Waals surface area contributed by atoms with E-state index in [9.17, 15) is 0 Å². The topological polar surface area (TPSA) is 9.72 Å². The Morgan fingerprint density at radius 3 is 1.41 bits per heavy atom. The predicted molar refractivity (Wildman–Crippen MR) is 330 cm³/mol. The minimum Gasteiger partial charge on any atom is -0.312 e. The van der Waals surface area contributed by atoms with Crippen LogP contribution in [0.3, 0.4) is 0 Å². The third-order valence-electron chi connectivity index (χ3n) is 17.1. The first-order chi connectivity index (χ1) is 35.7. The van der Waals surface area contributed by atoms with Crippen molar-refractivity contribution in [1.29, 1.82) is 0 Å². The summed E-state index contributed by atoms with van der Waals surface area (Å²) in [7, 11) is -4.66. The normalized spacial score (nSPS) is 14.7.